The Hall–Kier alpha value is -1.19. The molecule has 2 heterocycles. The van der Waals surface area contributed by atoms with E-state index in [1.807, 2.05) is 29.8 Å². The smallest absolute Gasteiger partial charge is 0.0359 e. The van der Waals surface area contributed by atoms with Gasteiger partial charge in [0.1, 0.15) is 0 Å². The van der Waals surface area contributed by atoms with Crippen molar-refractivity contribution in [1.82, 2.24) is 4.98 Å². The van der Waals surface area contributed by atoms with Gasteiger partial charge in [-0.05, 0) is 41.6 Å². The Balaban J connectivity index is 2.05. The molecule has 2 aromatic heterocycles. The van der Waals surface area contributed by atoms with Crippen molar-refractivity contribution in [3.05, 3.63) is 63.2 Å². The van der Waals surface area contributed by atoms with Crippen molar-refractivity contribution < 1.29 is 0 Å². The molecule has 3 aromatic rings. The van der Waals surface area contributed by atoms with E-state index in [-0.39, 0.29) is 0 Å². The van der Waals surface area contributed by atoms with Crippen LogP contribution in [0.4, 0.5) is 0 Å². The zero-order valence-corrected chi connectivity index (χ0v) is 12.4. The molecule has 0 aliphatic heterocycles. The number of fused-ring (bicyclic) bond motifs is 1. The minimum absolute atomic E-state index is 0.969. The quantitative estimate of drug-likeness (QED) is 0.651. The second-order valence-corrected chi connectivity index (χ2v) is 6.38. The van der Waals surface area contributed by atoms with Crippen LogP contribution in [0, 0.1) is 6.92 Å². The summed E-state index contributed by atoms with van der Waals surface area (Å²) in [6.07, 6.45) is 4.73. The lowest BCUT2D eigenvalue weighted by atomic mass is 10.1. The largest absolute Gasteiger partial charge is 0.264 e. The highest BCUT2D eigenvalue weighted by atomic mass is 79.9. The molecule has 90 valence electrons. The fraction of sp³-hybridized carbons (Fsp3) is 0.133. The predicted molar refractivity (Wildman–Crippen MR) is 81.3 cm³/mol. The SMILES string of the molecule is Cc1c(Cc2cccnc2)sc2cc(Br)ccc12. The lowest BCUT2D eigenvalue weighted by molar-refractivity contribution is 1.16. The number of hydrogen-bond acceptors (Lipinski definition) is 2. The first-order valence-corrected chi connectivity index (χ1v) is 7.41. The van der Waals surface area contributed by atoms with Crippen LogP contribution in [-0.4, -0.2) is 4.98 Å². The Kier molecular flexibility index (Phi) is 3.18. The fourth-order valence-electron chi connectivity index (χ4n) is 2.11. The first-order valence-electron chi connectivity index (χ1n) is 5.80. The van der Waals surface area contributed by atoms with Crippen LogP contribution in [0.5, 0.6) is 0 Å². The number of aryl methyl sites for hydroxylation is 1. The first-order chi connectivity index (χ1) is 8.74. The lowest BCUT2D eigenvalue weighted by Crippen LogP contribution is -1.87. The van der Waals surface area contributed by atoms with E-state index in [2.05, 4.69) is 52.1 Å². The van der Waals surface area contributed by atoms with E-state index < -0.39 is 0 Å². The van der Waals surface area contributed by atoms with Gasteiger partial charge in [-0.2, -0.15) is 0 Å². The van der Waals surface area contributed by atoms with Crippen LogP contribution < -0.4 is 0 Å². The second kappa shape index (κ2) is 4.82. The van der Waals surface area contributed by atoms with Crippen molar-refractivity contribution in [2.45, 2.75) is 13.3 Å². The van der Waals surface area contributed by atoms with E-state index in [0.717, 1.165) is 10.9 Å². The number of thiophene rings is 1. The van der Waals surface area contributed by atoms with Gasteiger partial charge >= 0.3 is 0 Å². The van der Waals surface area contributed by atoms with Gasteiger partial charge in [0.2, 0.25) is 0 Å². The normalized spacial score (nSPS) is 11.0. The summed E-state index contributed by atoms with van der Waals surface area (Å²) in [4.78, 5) is 5.60. The molecule has 0 saturated carbocycles. The van der Waals surface area contributed by atoms with E-state index >= 15 is 0 Å². The molecular weight excluding hydrogens is 306 g/mol. The monoisotopic (exact) mass is 317 g/mol. The van der Waals surface area contributed by atoms with Gasteiger partial charge in [0, 0.05) is 32.9 Å². The first kappa shape index (κ1) is 11.9. The van der Waals surface area contributed by atoms with E-state index in [4.69, 9.17) is 0 Å². The molecule has 18 heavy (non-hydrogen) atoms. The van der Waals surface area contributed by atoms with Gasteiger partial charge in [0.25, 0.3) is 0 Å². The molecule has 0 saturated heterocycles. The number of rotatable bonds is 2. The predicted octanol–water partition coefficient (Wildman–Crippen LogP) is 4.96. The van der Waals surface area contributed by atoms with Gasteiger partial charge < -0.3 is 0 Å². The zero-order chi connectivity index (χ0) is 12.5. The van der Waals surface area contributed by atoms with E-state index in [0.29, 0.717) is 0 Å². The molecule has 0 unspecified atom stereocenters. The highest BCUT2D eigenvalue weighted by Crippen LogP contribution is 2.33. The molecule has 0 N–H and O–H groups in total. The molecule has 0 aliphatic rings. The summed E-state index contributed by atoms with van der Waals surface area (Å²) in [5.74, 6) is 0. The Morgan fingerprint density at radius 1 is 1.28 bits per heavy atom. The van der Waals surface area contributed by atoms with Gasteiger partial charge in [0.15, 0.2) is 0 Å². The van der Waals surface area contributed by atoms with E-state index in [1.165, 1.54) is 26.1 Å². The van der Waals surface area contributed by atoms with Crippen LogP contribution in [0.2, 0.25) is 0 Å². The summed E-state index contributed by atoms with van der Waals surface area (Å²) in [5, 5.41) is 1.36. The molecular formula is C15H12BrNS. The summed E-state index contributed by atoms with van der Waals surface area (Å²) in [6, 6.07) is 10.6. The van der Waals surface area contributed by atoms with Crippen LogP contribution in [0.1, 0.15) is 16.0 Å². The Bertz CT molecular complexity index is 688. The molecule has 0 fully saturated rings. The molecule has 0 atom stereocenters. The molecule has 3 rings (SSSR count). The van der Waals surface area contributed by atoms with E-state index in [1.54, 1.807) is 0 Å². The van der Waals surface area contributed by atoms with Crippen molar-refractivity contribution >= 4 is 37.4 Å². The number of nitrogens with zero attached hydrogens (tertiary/aromatic N) is 1. The second-order valence-electron chi connectivity index (χ2n) is 4.33. The van der Waals surface area contributed by atoms with Gasteiger partial charge in [-0.1, -0.05) is 28.1 Å². The molecule has 1 nitrogen and oxygen atoms in total. The third kappa shape index (κ3) is 2.20. The molecule has 0 spiro atoms. The third-order valence-corrected chi connectivity index (χ3v) is 4.83. The van der Waals surface area contributed by atoms with Crippen molar-refractivity contribution in [2.75, 3.05) is 0 Å². The van der Waals surface area contributed by atoms with Crippen molar-refractivity contribution in [1.29, 1.82) is 0 Å². The van der Waals surface area contributed by atoms with Gasteiger partial charge in [-0.3, -0.25) is 4.98 Å². The zero-order valence-electron chi connectivity index (χ0n) is 9.98. The summed E-state index contributed by atoms with van der Waals surface area (Å²) in [7, 11) is 0. The topological polar surface area (TPSA) is 12.9 Å². The van der Waals surface area contributed by atoms with Crippen molar-refractivity contribution in [2.24, 2.45) is 0 Å². The van der Waals surface area contributed by atoms with Gasteiger partial charge in [-0.25, -0.2) is 0 Å². The molecule has 3 heteroatoms. The highest BCUT2D eigenvalue weighted by Gasteiger charge is 2.09. The average Bonchev–Trinajstić information content (AvgIpc) is 2.67. The Morgan fingerprint density at radius 2 is 2.17 bits per heavy atom. The van der Waals surface area contributed by atoms with Crippen LogP contribution >= 0.6 is 27.3 Å². The summed E-state index contributed by atoms with van der Waals surface area (Å²) in [5.41, 5.74) is 2.66. The average molecular weight is 318 g/mol. The number of pyridine rings is 1. The highest BCUT2D eigenvalue weighted by molar-refractivity contribution is 9.10. The van der Waals surface area contributed by atoms with Crippen LogP contribution in [0.15, 0.2) is 47.2 Å². The van der Waals surface area contributed by atoms with Crippen LogP contribution in [0.3, 0.4) is 0 Å². The number of halogens is 1. The molecule has 0 aliphatic carbocycles. The van der Waals surface area contributed by atoms with Crippen molar-refractivity contribution in [3.8, 4) is 0 Å². The minimum Gasteiger partial charge on any atom is -0.264 e. The van der Waals surface area contributed by atoms with Gasteiger partial charge in [0.05, 0.1) is 0 Å². The standard InChI is InChI=1S/C15H12BrNS/c1-10-13-5-4-12(16)8-15(13)18-14(10)7-11-3-2-6-17-9-11/h2-6,8-9H,7H2,1H3. The van der Waals surface area contributed by atoms with Crippen LogP contribution in [0.25, 0.3) is 10.1 Å². The Morgan fingerprint density at radius 3 is 2.94 bits per heavy atom. The maximum absolute atomic E-state index is 4.18. The maximum Gasteiger partial charge on any atom is 0.0359 e. The summed E-state index contributed by atoms with van der Waals surface area (Å²) in [6.45, 7) is 2.21. The molecule has 0 radical (unpaired) electrons. The summed E-state index contributed by atoms with van der Waals surface area (Å²) < 4.78 is 2.49. The number of hydrogen-bond donors (Lipinski definition) is 0. The minimum atomic E-state index is 0.969. The maximum atomic E-state index is 4.18. The Labute approximate surface area is 119 Å². The lowest BCUT2D eigenvalue weighted by Gasteiger charge is -1.99. The number of benzene rings is 1. The third-order valence-electron chi connectivity index (χ3n) is 3.09. The van der Waals surface area contributed by atoms with Crippen molar-refractivity contribution in [3.63, 3.8) is 0 Å². The molecule has 0 bridgehead atoms. The molecule has 1 aromatic carbocycles. The number of aromatic nitrogens is 1. The fourth-order valence-corrected chi connectivity index (χ4v) is 3.90. The van der Waals surface area contributed by atoms with Gasteiger partial charge in [-0.15, -0.1) is 11.3 Å². The molecule has 0 amide bonds. The summed E-state index contributed by atoms with van der Waals surface area (Å²) >= 11 is 5.40. The van der Waals surface area contributed by atoms with E-state index in [9.17, 15) is 0 Å². The van der Waals surface area contributed by atoms with Crippen LogP contribution in [-0.2, 0) is 6.42 Å².